The van der Waals surface area contributed by atoms with Crippen LogP contribution >= 0.6 is 22.6 Å². The third kappa shape index (κ3) is 3.49. The minimum atomic E-state index is -0.276. The number of carbonyl (C=O) groups excluding carboxylic acids is 1. The second-order valence-electron chi connectivity index (χ2n) is 2.68. The molecule has 0 unspecified atom stereocenters. The van der Waals surface area contributed by atoms with E-state index in [1.54, 1.807) is 18.2 Å². The highest BCUT2D eigenvalue weighted by molar-refractivity contribution is 14.1. The number of benzene rings is 1. The van der Waals surface area contributed by atoms with Gasteiger partial charge in [-0.3, -0.25) is 0 Å². The van der Waals surface area contributed by atoms with Crippen molar-refractivity contribution in [2.45, 2.75) is 6.92 Å². The molecule has 0 spiro atoms. The van der Waals surface area contributed by atoms with Crippen LogP contribution in [0, 0.1) is 3.57 Å². The van der Waals surface area contributed by atoms with E-state index in [0.717, 1.165) is 3.57 Å². The second-order valence-corrected chi connectivity index (χ2v) is 3.92. The lowest BCUT2D eigenvalue weighted by Crippen LogP contribution is -2.04. The minimum Gasteiger partial charge on any atom is -0.458 e. The number of hydrogen-bond acceptors (Lipinski definition) is 2. The number of rotatable bonds is 3. The molecule has 1 aromatic rings. The van der Waals surface area contributed by atoms with Crippen molar-refractivity contribution in [3.63, 3.8) is 0 Å². The van der Waals surface area contributed by atoms with E-state index in [4.69, 9.17) is 4.74 Å². The van der Waals surface area contributed by atoms with E-state index < -0.39 is 0 Å². The lowest BCUT2D eigenvalue weighted by atomic mass is 10.2. The van der Waals surface area contributed by atoms with E-state index in [2.05, 4.69) is 22.6 Å². The maximum Gasteiger partial charge on any atom is 0.338 e. The quantitative estimate of drug-likeness (QED) is 0.487. The molecule has 0 fully saturated rings. The largest absolute Gasteiger partial charge is 0.458 e. The van der Waals surface area contributed by atoms with Gasteiger partial charge in [-0.05, 0) is 47.7 Å². The van der Waals surface area contributed by atoms with Gasteiger partial charge in [0.05, 0.1) is 5.56 Å². The molecule has 0 bridgehead atoms. The lowest BCUT2D eigenvalue weighted by molar-refractivity contribution is 0.0549. The smallest absolute Gasteiger partial charge is 0.338 e. The molecule has 0 atom stereocenters. The Morgan fingerprint density at radius 1 is 1.57 bits per heavy atom. The standard InChI is InChI=1S/C11H11IO2/c1-2-3-7-14-11(13)9-5-4-6-10(12)8-9/h2-6,8H,7H2,1H3. The SMILES string of the molecule is CC=CCOC(=O)c1cccc(I)c1. The summed E-state index contributed by atoms with van der Waals surface area (Å²) in [6, 6.07) is 7.33. The van der Waals surface area contributed by atoms with Gasteiger partial charge < -0.3 is 4.74 Å². The molecule has 0 aromatic heterocycles. The van der Waals surface area contributed by atoms with Crippen LogP contribution in [0.25, 0.3) is 0 Å². The van der Waals surface area contributed by atoms with Gasteiger partial charge in [0.1, 0.15) is 6.61 Å². The summed E-state index contributed by atoms with van der Waals surface area (Å²) in [5.41, 5.74) is 0.599. The van der Waals surface area contributed by atoms with E-state index in [9.17, 15) is 4.79 Å². The molecule has 1 aromatic carbocycles. The summed E-state index contributed by atoms with van der Waals surface area (Å²) in [6.45, 7) is 2.22. The van der Waals surface area contributed by atoms with Gasteiger partial charge in [0.15, 0.2) is 0 Å². The Kier molecular flexibility index (Phi) is 4.65. The van der Waals surface area contributed by atoms with Gasteiger partial charge in [0.2, 0.25) is 0 Å². The molecule has 0 heterocycles. The first kappa shape index (κ1) is 11.2. The van der Waals surface area contributed by atoms with E-state index >= 15 is 0 Å². The predicted molar refractivity (Wildman–Crippen MR) is 64.3 cm³/mol. The van der Waals surface area contributed by atoms with Crippen molar-refractivity contribution in [3.8, 4) is 0 Å². The Morgan fingerprint density at radius 2 is 2.36 bits per heavy atom. The van der Waals surface area contributed by atoms with Crippen LogP contribution in [0.4, 0.5) is 0 Å². The highest BCUT2D eigenvalue weighted by atomic mass is 127. The van der Waals surface area contributed by atoms with Gasteiger partial charge in [-0.15, -0.1) is 0 Å². The fraction of sp³-hybridized carbons (Fsp3) is 0.182. The zero-order valence-corrected chi connectivity index (χ0v) is 10.0. The summed E-state index contributed by atoms with van der Waals surface area (Å²) >= 11 is 2.16. The summed E-state index contributed by atoms with van der Waals surface area (Å²) in [4.78, 5) is 11.4. The zero-order chi connectivity index (χ0) is 10.4. The molecule has 0 saturated heterocycles. The molecule has 0 aliphatic rings. The third-order valence-corrected chi connectivity index (χ3v) is 2.28. The van der Waals surface area contributed by atoms with Crippen molar-refractivity contribution in [3.05, 3.63) is 45.6 Å². The third-order valence-electron chi connectivity index (χ3n) is 1.61. The van der Waals surface area contributed by atoms with Crippen LogP contribution in [0.1, 0.15) is 17.3 Å². The normalized spacial score (nSPS) is 10.4. The second kappa shape index (κ2) is 5.80. The van der Waals surface area contributed by atoms with Gasteiger partial charge in [0, 0.05) is 3.57 Å². The molecular weight excluding hydrogens is 291 g/mol. The van der Waals surface area contributed by atoms with Crippen LogP contribution in [0.5, 0.6) is 0 Å². The maximum absolute atomic E-state index is 11.4. The molecule has 0 saturated carbocycles. The summed E-state index contributed by atoms with van der Waals surface area (Å²) in [6.07, 6.45) is 3.65. The van der Waals surface area contributed by atoms with Crippen molar-refractivity contribution >= 4 is 28.6 Å². The summed E-state index contributed by atoms with van der Waals surface area (Å²) in [7, 11) is 0. The average Bonchev–Trinajstić information content (AvgIpc) is 2.18. The Bertz CT molecular complexity index is 345. The highest BCUT2D eigenvalue weighted by Crippen LogP contribution is 2.08. The summed E-state index contributed by atoms with van der Waals surface area (Å²) in [5.74, 6) is -0.276. The van der Waals surface area contributed by atoms with Crippen molar-refractivity contribution in [2.24, 2.45) is 0 Å². The monoisotopic (exact) mass is 302 g/mol. The molecule has 1 rings (SSSR count). The average molecular weight is 302 g/mol. The number of carbonyl (C=O) groups is 1. The molecule has 0 amide bonds. The van der Waals surface area contributed by atoms with Gasteiger partial charge >= 0.3 is 5.97 Å². The molecule has 2 nitrogen and oxygen atoms in total. The van der Waals surface area contributed by atoms with E-state index in [0.29, 0.717) is 12.2 Å². The van der Waals surface area contributed by atoms with Gasteiger partial charge in [-0.1, -0.05) is 18.2 Å². The van der Waals surface area contributed by atoms with Crippen LogP contribution in [0.2, 0.25) is 0 Å². The zero-order valence-electron chi connectivity index (χ0n) is 7.87. The fourth-order valence-electron chi connectivity index (χ4n) is 0.919. The Hall–Kier alpha value is -0.840. The molecule has 3 heteroatoms. The molecule has 14 heavy (non-hydrogen) atoms. The lowest BCUT2D eigenvalue weighted by Gasteiger charge is -2.01. The Labute approximate surface area is 97.1 Å². The van der Waals surface area contributed by atoms with Crippen LogP contribution < -0.4 is 0 Å². The van der Waals surface area contributed by atoms with E-state index in [-0.39, 0.29) is 5.97 Å². The first-order valence-corrected chi connectivity index (χ1v) is 5.35. The number of esters is 1. The van der Waals surface area contributed by atoms with Crippen molar-refractivity contribution in [1.29, 1.82) is 0 Å². The van der Waals surface area contributed by atoms with E-state index in [1.807, 2.05) is 25.1 Å². The van der Waals surface area contributed by atoms with Crippen LogP contribution in [0.3, 0.4) is 0 Å². The molecule has 0 radical (unpaired) electrons. The van der Waals surface area contributed by atoms with Crippen LogP contribution in [-0.2, 0) is 4.74 Å². The molecule has 0 aliphatic heterocycles. The number of allylic oxidation sites excluding steroid dienone is 1. The fourth-order valence-corrected chi connectivity index (χ4v) is 1.46. The highest BCUT2D eigenvalue weighted by Gasteiger charge is 2.05. The predicted octanol–water partition coefficient (Wildman–Crippen LogP) is 3.02. The number of hydrogen-bond donors (Lipinski definition) is 0. The Balaban J connectivity index is 2.60. The van der Waals surface area contributed by atoms with Crippen molar-refractivity contribution in [2.75, 3.05) is 6.61 Å². The molecule has 0 aliphatic carbocycles. The maximum atomic E-state index is 11.4. The molecule has 74 valence electrons. The van der Waals surface area contributed by atoms with Crippen molar-refractivity contribution < 1.29 is 9.53 Å². The van der Waals surface area contributed by atoms with Gasteiger partial charge in [0.25, 0.3) is 0 Å². The van der Waals surface area contributed by atoms with Gasteiger partial charge in [-0.25, -0.2) is 4.79 Å². The number of ether oxygens (including phenoxy) is 1. The van der Waals surface area contributed by atoms with Crippen molar-refractivity contribution in [1.82, 2.24) is 0 Å². The summed E-state index contributed by atoms with van der Waals surface area (Å²) in [5, 5.41) is 0. The molecule has 0 N–H and O–H groups in total. The first-order chi connectivity index (χ1) is 6.74. The minimum absolute atomic E-state index is 0.276. The Morgan fingerprint density at radius 3 is 3.00 bits per heavy atom. The van der Waals surface area contributed by atoms with Gasteiger partial charge in [-0.2, -0.15) is 0 Å². The molecular formula is C11H11IO2. The topological polar surface area (TPSA) is 26.3 Å². The van der Waals surface area contributed by atoms with Crippen LogP contribution in [-0.4, -0.2) is 12.6 Å². The van der Waals surface area contributed by atoms with Crippen LogP contribution in [0.15, 0.2) is 36.4 Å². The van der Waals surface area contributed by atoms with E-state index in [1.165, 1.54) is 0 Å². The first-order valence-electron chi connectivity index (χ1n) is 4.28. The summed E-state index contributed by atoms with van der Waals surface area (Å²) < 4.78 is 6.03. The number of halogens is 1.